The van der Waals surface area contributed by atoms with Crippen molar-refractivity contribution >= 4 is 24.8 Å². The number of imidazole rings is 1. The standard InChI is InChI=1S/C20H26N6O.2ClH/c1-2-18-22-12-13-24(18)14-15-25-20(27)26(17-6-4-3-5-7-17)19(23-25)16-8-10-21-11-9-16;;/h3-7,12-13,16,21H,2,8-11,14-15H2,1H3;2*1H. The van der Waals surface area contributed by atoms with Crippen molar-refractivity contribution < 1.29 is 0 Å². The van der Waals surface area contributed by atoms with Crippen molar-refractivity contribution in [1.82, 2.24) is 29.2 Å². The number of para-hydroxylation sites is 1. The molecule has 1 aliphatic rings. The third kappa shape index (κ3) is 4.91. The van der Waals surface area contributed by atoms with Crippen LogP contribution in [0.5, 0.6) is 0 Å². The average molecular weight is 439 g/mol. The van der Waals surface area contributed by atoms with E-state index in [4.69, 9.17) is 5.10 Å². The van der Waals surface area contributed by atoms with E-state index < -0.39 is 0 Å². The molecule has 0 unspecified atom stereocenters. The van der Waals surface area contributed by atoms with E-state index in [0.717, 1.165) is 49.7 Å². The summed E-state index contributed by atoms with van der Waals surface area (Å²) < 4.78 is 5.51. The van der Waals surface area contributed by atoms with Crippen LogP contribution in [0.4, 0.5) is 0 Å². The third-order valence-electron chi connectivity index (χ3n) is 5.25. The molecule has 9 heteroatoms. The zero-order chi connectivity index (χ0) is 18.6. The summed E-state index contributed by atoms with van der Waals surface area (Å²) in [7, 11) is 0. The maximum atomic E-state index is 13.2. The van der Waals surface area contributed by atoms with Crippen molar-refractivity contribution in [2.45, 2.75) is 45.2 Å². The molecule has 0 amide bonds. The minimum absolute atomic E-state index is 0. The molecule has 0 radical (unpaired) electrons. The molecule has 3 aromatic rings. The zero-order valence-corrected chi connectivity index (χ0v) is 18.2. The first kappa shape index (κ1) is 23.2. The quantitative estimate of drug-likeness (QED) is 0.642. The molecule has 0 saturated carbocycles. The van der Waals surface area contributed by atoms with Gasteiger partial charge in [-0.3, -0.25) is 0 Å². The van der Waals surface area contributed by atoms with Gasteiger partial charge in [0.15, 0.2) is 0 Å². The molecule has 2 aromatic heterocycles. The molecule has 7 nitrogen and oxygen atoms in total. The number of aromatic nitrogens is 5. The Morgan fingerprint density at radius 1 is 1.10 bits per heavy atom. The topological polar surface area (TPSA) is 69.7 Å². The predicted molar refractivity (Wildman–Crippen MR) is 119 cm³/mol. The average Bonchev–Trinajstić information content (AvgIpc) is 3.31. The largest absolute Gasteiger partial charge is 0.350 e. The Morgan fingerprint density at radius 3 is 2.52 bits per heavy atom. The summed E-state index contributed by atoms with van der Waals surface area (Å²) in [6, 6.07) is 9.84. The van der Waals surface area contributed by atoms with Gasteiger partial charge in [0.25, 0.3) is 0 Å². The van der Waals surface area contributed by atoms with Crippen molar-refractivity contribution in [2.24, 2.45) is 0 Å². The lowest BCUT2D eigenvalue weighted by Crippen LogP contribution is -2.29. The highest BCUT2D eigenvalue weighted by molar-refractivity contribution is 5.85. The fourth-order valence-electron chi connectivity index (χ4n) is 3.79. The number of halogens is 2. The first-order valence-electron chi connectivity index (χ1n) is 9.74. The maximum absolute atomic E-state index is 13.2. The molecule has 1 aromatic carbocycles. The highest BCUT2D eigenvalue weighted by atomic mass is 35.5. The molecule has 0 aliphatic carbocycles. The second kappa shape index (κ2) is 10.6. The third-order valence-corrected chi connectivity index (χ3v) is 5.25. The molecule has 4 rings (SSSR count). The number of hydrogen-bond donors (Lipinski definition) is 1. The van der Waals surface area contributed by atoms with Crippen molar-refractivity contribution in [3.05, 3.63) is 64.9 Å². The molecule has 0 spiro atoms. The Labute approximate surface area is 183 Å². The summed E-state index contributed by atoms with van der Waals surface area (Å²) in [6.07, 6.45) is 6.66. The Hall–Kier alpha value is -2.09. The first-order chi connectivity index (χ1) is 13.3. The number of piperidine rings is 1. The van der Waals surface area contributed by atoms with E-state index in [1.54, 1.807) is 9.25 Å². The minimum atomic E-state index is -0.0621. The van der Waals surface area contributed by atoms with Crippen LogP contribution in [-0.4, -0.2) is 37.0 Å². The van der Waals surface area contributed by atoms with Crippen LogP contribution in [0.25, 0.3) is 5.69 Å². The molecule has 0 bridgehead atoms. The SMILES string of the molecule is CCc1nccn1CCn1nc(C2CCNCC2)n(-c2ccccc2)c1=O.Cl.Cl. The summed E-state index contributed by atoms with van der Waals surface area (Å²) in [4.78, 5) is 17.5. The molecule has 1 fully saturated rings. The second-order valence-electron chi connectivity index (χ2n) is 6.95. The van der Waals surface area contributed by atoms with Gasteiger partial charge in [-0.15, -0.1) is 24.8 Å². The van der Waals surface area contributed by atoms with Gasteiger partial charge in [-0.25, -0.2) is 19.0 Å². The first-order valence-corrected chi connectivity index (χ1v) is 9.74. The minimum Gasteiger partial charge on any atom is -0.333 e. The normalized spacial score (nSPS) is 14.2. The Morgan fingerprint density at radius 2 is 1.83 bits per heavy atom. The molecular formula is C20H28Cl2N6O. The van der Waals surface area contributed by atoms with Crippen LogP contribution in [0.3, 0.4) is 0 Å². The lowest BCUT2D eigenvalue weighted by molar-refractivity contribution is 0.434. The number of rotatable bonds is 6. The number of aryl methyl sites for hydroxylation is 3. The molecule has 1 saturated heterocycles. The summed E-state index contributed by atoms with van der Waals surface area (Å²) in [5, 5.41) is 8.16. The van der Waals surface area contributed by atoms with E-state index in [-0.39, 0.29) is 30.5 Å². The van der Waals surface area contributed by atoms with Crippen molar-refractivity contribution in [2.75, 3.05) is 13.1 Å². The van der Waals surface area contributed by atoms with E-state index in [9.17, 15) is 4.79 Å². The highest BCUT2D eigenvalue weighted by Gasteiger charge is 2.24. The van der Waals surface area contributed by atoms with Gasteiger partial charge in [-0.05, 0) is 38.1 Å². The number of nitrogens with zero attached hydrogens (tertiary/aromatic N) is 5. The molecule has 3 heterocycles. The van der Waals surface area contributed by atoms with E-state index in [0.29, 0.717) is 19.0 Å². The van der Waals surface area contributed by atoms with Gasteiger partial charge in [-0.2, -0.15) is 5.10 Å². The van der Waals surface area contributed by atoms with E-state index in [2.05, 4.69) is 21.8 Å². The zero-order valence-electron chi connectivity index (χ0n) is 16.5. The van der Waals surface area contributed by atoms with Gasteiger partial charge in [0.1, 0.15) is 11.6 Å². The number of hydrogen-bond acceptors (Lipinski definition) is 4. The summed E-state index contributed by atoms with van der Waals surface area (Å²) in [6.45, 7) is 5.26. The lowest BCUT2D eigenvalue weighted by Gasteiger charge is -2.22. The molecule has 1 aliphatic heterocycles. The monoisotopic (exact) mass is 438 g/mol. The van der Waals surface area contributed by atoms with Gasteiger partial charge in [-0.1, -0.05) is 25.1 Å². The molecule has 29 heavy (non-hydrogen) atoms. The predicted octanol–water partition coefficient (Wildman–Crippen LogP) is 2.80. The lowest BCUT2D eigenvalue weighted by atomic mass is 9.97. The van der Waals surface area contributed by atoms with E-state index in [1.807, 2.05) is 42.7 Å². The Bertz CT molecular complexity index is 944. The van der Waals surface area contributed by atoms with E-state index >= 15 is 0 Å². The van der Waals surface area contributed by atoms with Crippen LogP contribution in [-0.2, 0) is 19.5 Å². The van der Waals surface area contributed by atoms with Crippen molar-refractivity contribution in [1.29, 1.82) is 0 Å². The Kier molecular flexibility index (Phi) is 8.49. The summed E-state index contributed by atoms with van der Waals surface area (Å²) >= 11 is 0. The van der Waals surface area contributed by atoms with Crippen LogP contribution in [0.1, 0.15) is 37.3 Å². The van der Waals surface area contributed by atoms with Crippen LogP contribution in [0.15, 0.2) is 47.5 Å². The molecule has 1 N–H and O–H groups in total. The fraction of sp³-hybridized carbons (Fsp3) is 0.450. The Balaban J connectivity index is 0.00000150. The number of benzene rings is 1. The van der Waals surface area contributed by atoms with Gasteiger partial charge >= 0.3 is 5.69 Å². The molecular weight excluding hydrogens is 411 g/mol. The van der Waals surface area contributed by atoms with Crippen LogP contribution in [0, 0.1) is 0 Å². The van der Waals surface area contributed by atoms with Crippen LogP contribution >= 0.6 is 24.8 Å². The fourth-order valence-corrected chi connectivity index (χ4v) is 3.79. The molecule has 0 atom stereocenters. The van der Waals surface area contributed by atoms with Gasteiger partial charge in [0, 0.05) is 31.3 Å². The van der Waals surface area contributed by atoms with Crippen molar-refractivity contribution in [3.8, 4) is 5.69 Å². The van der Waals surface area contributed by atoms with Gasteiger partial charge in [0.05, 0.1) is 12.2 Å². The van der Waals surface area contributed by atoms with Crippen LogP contribution in [0.2, 0.25) is 0 Å². The van der Waals surface area contributed by atoms with E-state index in [1.165, 1.54) is 0 Å². The van der Waals surface area contributed by atoms with Crippen LogP contribution < -0.4 is 11.0 Å². The summed E-state index contributed by atoms with van der Waals surface area (Å²) in [5.41, 5.74) is 0.826. The molecule has 158 valence electrons. The number of nitrogens with one attached hydrogen (secondary N) is 1. The second-order valence-corrected chi connectivity index (χ2v) is 6.95. The maximum Gasteiger partial charge on any atom is 0.350 e. The summed E-state index contributed by atoms with van der Waals surface area (Å²) in [5.74, 6) is 2.22. The van der Waals surface area contributed by atoms with Gasteiger partial charge < -0.3 is 9.88 Å². The van der Waals surface area contributed by atoms with Crippen molar-refractivity contribution in [3.63, 3.8) is 0 Å². The highest BCUT2D eigenvalue weighted by Crippen LogP contribution is 2.24. The smallest absolute Gasteiger partial charge is 0.333 e. The van der Waals surface area contributed by atoms with Gasteiger partial charge in [0.2, 0.25) is 0 Å².